The Hall–Kier alpha value is -0.653. The summed E-state index contributed by atoms with van der Waals surface area (Å²) in [6.07, 6.45) is 1.69. The smallest absolute Gasteiger partial charge is 0.208 e. The molecule has 0 unspecified atom stereocenters. The second-order valence-corrected chi connectivity index (χ2v) is 10.3. The lowest BCUT2D eigenvalue weighted by Gasteiger charge is -2.35. The third kappa shape index (κ3) is 3.17. The largest absolute Gasteiger partial charge is 0.442 e. The minimum absolute atomic E-state index is 0.212. The van der Waals surface area contributed by atoms with E-state index in [1.54, 1.807) is 6.20 Å². The van der Waals surface area contributed by atoms with E-state index in [0.717, 1.165) is 5.76 Å². The van der Waals surface area contributed by atoms with Crippen molar-refractivity contribution in [1.82, 2.24) is 4.98 Å². The van der Waals surface area contributed by atoms with Gasteiger partial charge in [-0.2, -0.15) is 0 Å². The normalized spacial score (nSPS) is 13.1. The van der Waals surface area contributed by atoms with Crippen LogP contribution >= 0.6 is 0 Å². The van der Waals surface area contributed by atoms with Crippen molar-refractivity contribution in [3.05, 3.63) is 17.8 Å². The van der Waals surface area contributed by atoms with E-state index in [1.807, 2.05) is 0 Å². The van der Waals surface area contributed by atoms with E-state index in [1.165, 1.54) is 0 Å². The molecule has 1 heterocycles. The molecule has 5 heteroatoms. The van der Waals surface area contributed by atoms with Crippen LogP contribution in [0.4, 0.5) is 0 Å². The van der Waals surface area contributed by atoms with Crippen molar-refractivity contribution in [3.63, 3.8) is 0 Å². The Kier molecular flexibility index (Phi) is 3.93. The van der Waals surface area contributed by atoms with Crippen molar-refractivity contribution < 1.29 is 8.84 Å². The third-order valence-corrected chi connectivity index (χ3v) is 7.64. The van der Waals surface area contributed by atoms with Crippen LogP contribution in [0.2, 0.25) is 18.1 Å². The molecule has 0 aromatic carbocycles. The number of nitrogens with zero attached hydrogens (tertiary/aromatic N) is 1. The molecule has 0 spiro atoms. The predicted molar refractivity (Wildman–Crippen MR) is 66.4 cm³/mol. The summed E-state index contributed by atoms with van der Waals surface area (Å²) in [6, 6.07) is 0. The molecule has 0 aliphatic carbocycles. The van der Waals surface area contributed by atoms with E-state index in [2.05, 4.69) is 38.8 Å². The molecule has 4 nitrogen and oxygen atoms in total. The van der Waals surface area contributed by atoms with E-state index < -0.39 is 8.32 Å². The Labute approximate surface area is 98.3 Å². The van der Waals surface area contributed by atoms with Gasteiger partial charge < -0.3 is 14.6 Å². The fraction of sp³-hybridized carbons (Fsp3) is 0.727. The van der Waals surface area contributed by atoms with Crippen molar-refractivity contribution in [2.75, 3.05) is 0 Å². The number of nitrogens with two attached hydrogens (primary N) is 1. The second kappa shape index (κ2) is 4.69. The lowest BCUT2D eigenvalue weighted by Crippen LogP contribution is -2.40. The number of rotatable bonds is 4. The van der Waals surface area contributed by atoms with Gasteiger partial charge in [-0.15, -0.1) is 0 Å². The highest BCUT2D eigenvalue weighted by Crippen LogP contribution is 2.37. The van der Waals surface area contributed by atoms with Crippen LogP contribution < -0.4 is 5.73 Å². The van der Waals surface area contributed by atoms with E-state index in [-0.39, 0.29) is 5.04 Å². The van der Waals surface area contributed by atoms with Gasteiger partial charge in [0.05, 0.1) is 19.3 Å². The van der Waals surface area contributed by atoms with Gasteiger partial charge in [-0.25, -0.2) is 4.98 Å². The molecule has 0 bridgehead atoms. The van der Waals surface area contributed by atoms with Crippen molar-refractivity contribution >= 4 is 8.32 Å². The van der Waals surface area contributed by atoms with Crippen LogP contribution in [0, 0.1) is 0 Å². The maximum Gasteiger partial charge on any atom is 0.208 e. The van der Waals surface area contributed by atoms with Crippen molar-refractivity contribution in [3.8, 4) is 0 Å². The monoisotopic (exact) mass is 242 g/mol. The predicted octanol–water partition coefficient (Wildman–Crippen LogP) is 2.66. The summed E-state index contributed by atoms with van der Waals surface area (Å²) in [5.74, 6) is 1.32. The van der Waals surface area contributed by atoms with Gasteiger partial charge >= 0.3 is 0 Å². The molecular formula is C11H22N2O2Si. The topological polar surface area (TPSA) is 61.3 Å². The molecule has 0 atom stereocenters. The van der Waals surface area contributed by atoms with Gasteiger partial charge in [0, 0.05) is 0 Å². The molecule has 0 amide bonds. The van der Waals surface area contributed by atoms with Gasteiger partial charge in [-0.3, -0.25) is 0 Å². The Morgan fingerprint density at radius 1 is 1.44 bits per heavy atom. The average Bonchev–Trinajstić information content (AvgIpc) is 2.60. The molecular weight excluding hydrogens is 220 g/mol. The molecule has 2 N–H and O–H groups in total. The first-order chi connectivity index (χ1) is 7.26. The van der Waals surface area contributed by atoms with Crippen LogP contribution in [0.1, 0.15) is 32.4 Å². The molecule has 0 aliphatic heterocycles. The Bertz CT molecular complexity index is 342. The number of oxazole rings is 1. The first-order valence-corrected chi connectivity index (χ1v) is 8.45. The van der Waals surface area contributed by atoms with Gasteiger partial charge in [0.2, 0.25) is 5.89 Å². The summed E-state index contributed by atoms with van der Waals surface area (Å²) in [5, 5.41) is 0.212. The zero-order valence-corrected chi connectivity index (χ0v) is 11.8. The summed E-state index contributed by atoms with van der Waals surface area (Å²) in [5.41, 5.74) is 5.43. The number of hydrogen-bond acceptors (Lipinski definition) is 4. The number of hydrogen-bond donors (Lipinski definition) is 1. The lowest BCUT2D eigenvalue weighted by atomic mass is 10.2. The van der Waals surface area contributed by atoms with Crippen LogP contribution in [-0.4, -0.2) is 13.3 Å². The summed E-state index contributed by atoms with van der Waals surface area (Å²) in [4.78, 5) is 4.04. The van der Waals surface area contributed by atoms with Gasteiger partial charge in [0.25, 0.3) is 0 Å². The highest BCUT2D eigenvalue weighted by atomic mass is 28.4. The molecule has 0 saturated carbocycles. The van der Waals surface area contributed by atoms with E-state index in [9.17, 15) is 0 Å². The fourth-order valence-electron chi connectivity index (χ4n) is 0.977. The summed E-state index contributed by atoms with van der Waals surface area (Å²) in [7, 11) is -1.71. The summed E-state index contributed by atoms with van der Waals surface area (Å²) < 4.78 is 11.4. The molecule has 1 aromatic heterocycles. The van der Waals surface area contributed by atoms with Crippen molar-refractivity contribution in [2.45, 2.75) is 52.1 Å². The maximum atomic E-state index is 6.00. The van der Waals surface area contributed by atoms with Gasteiger partial charge in [-0.05, 0) is 18.1 Å². The van der Waals surface area contributed by atoms with Gasteiger partial charge in [-0.1, -0.05) is 20.8 Å². The molecule has 16 heavy (non-hydrogen) atoms. The summed E-state index contributed by atoms with van der Waals surface area (Å²) >= 11 is 0. The fourth-order valence-corrected chi connectivity index (χ4v) is 1.91. The molecule has 0 saturated heterocycles. The first kappa shape index (κ1) is 13.4. The molecule has 1 rings (SSSR count). The standard InChI is InChI=1S/C11H22N2O2Si/c1-11(2,3)16(4,5)14-8-9-7-13-10(6-12)15-9/h7H,6,8,12H2,1-5H3. The van der Waals surface area contributed by atoms with E-state index >= 15 is 0 Å². The zero-order valence-electron chi connectivity index (χ0n) is 10.8. The summed E-state index contributed by atoms with van der Waals surface area (Å²) in [6.45, 7) is 11.9. The second-order valence-electron chi connectivity index (χ2n) is 5.47. The highest BCUT2D eigenvalue weighted by Gasteiger charge is 2.37. The zero-order chi connectivity index (χ0) is 12.4. The Morgan fingerprint density at radius 2 is 2.06 bits per heavy atom. The van der Waals surface area contributed by atoms with Crippen LogP contribution in [0.15, 0.2) is 10.6 Å². The Balaban J connectivity index is 2.57. The van der Waals surface area contributed by atoms with Crippen LogP contribution in [0.25, 0.3) is 0 Å². The number of aromatic nitrogens is 1. The quantitative estimate of drug-likeness (QED) is 0.825. The molecule has 1 aromatic rings. The first-order valence-electron chi connectivity index (χ1n) is 5.54. The van der Waals surface area contributed by atoms with Crippen LogP contribution in [-0.2, 0) is 17.6 Å². The van der Waals surface area contributed by atoms with E-state index in [0.29, 0.717) is 19.0 Å². The SMILES string of the molecule is CC(C)(C)[Si](C)(C)OCc1cnc(CN)o1. The Morgan fingerprint density at radius 3 is 2.50 bits per heavy atom. The van der Waals surface area contributed by atoms with Gasteiger partial charge in [0.15, 0.2) is 8.32 Å². The lowest BCUT2D eigenvalue weighted by molar-refractivity contribution is 0.243. The minimum Gasteiger partial charge on any atom is -0.442 e. The molecule has 0 radical (unpaired) electrons. The molecule has 0 aliphatic rings. The highest BCUT2D eigenvalue weighted by molar-refractivity contribution is 6.74. The molecule has 92 valence electrons. The van der Waals surface area contributed by atoms with Crippen molar-refractivity contribution in [2.24, 2.45) is 5.73 Å². The van der Waals surface area contributed by atoms with E-state index in [4.69, 9.17) is 14.6 Å². The van der Waals surface area contributed by atoms with Crippen LogP contribution in [0.3, 0.4) is 0 Å². The van der Waals surface area contributed by atoms with Crippen molar-refractivity contribution in [1.29, 1.82) is 0 Å². The molecule has 0 fully saturated rings. The average molecular weight is 242 g/mol. The maximum absolute atomic E-state index is 6.00. The van der Waals surface area contributed by atoms with Gasteiger partial charge in [0.1, 0.15) is 5.76 Å². The minimum atomic E-state index is -1.71. The third-order valence-electron chi connectivity index (χ3n) is 3.16. The van der Waals surface area contributed by atoms with Crippen LogP contribution in [0.5, 0.6) is 0 Å².